The largest absolute Gasteiger partial charge is 0.316 e. The van der Waals surface area contributed by atoms with Crippen molar-refractivity contribution in [3.8, 4) is 0 Å². The summed E-state index contributed by atoms with van der Waals surface area (Å²) in [5, 5.41) is 7.40. The number of hydrogen-bond donors (Lipinski definition) is 2. The third-order valence-corrected chi connectivity index (χ3v) is 5.96. The van der Waals surface area contributed by atoms with E-state index in [1.54, 1.807) is 19.3 Å². The average Bonchev–Trinajstić information content (AvgIpc) is 2.70. The van der Waals surface area contributed by atoms with Crippen LogP contribution in [0.15, 0.2) is 0 Å². The van der Waals surface area contributed by atoms with Gasteiger partial charge in [0, 0.05) is 19.1 Å². The van der Waals surface area contributed by atoms with E-state index in [1.165, 1.54) is 26.1 Å². The molecule has 5 unspecified atom stereocenters. The second-order valence-corrected chi connectivity index (χ2v) is 7.13. The van der Waals surface area contributed by atoms with E-state index in [-0.39, 0.29) is 0 Å². The zero-order valence-electron chi connectivity index (χ0n) is 10.3. The van der Waals surface area contributed by atoms with Gasteiger partial charge in [0.15, 0.2) is 0 Å². The molecule has 2 bridgehead atoms. The van der Waals surface area contributed by atoms with E-state index >= 15 is 0 Å². The zero-order chi connectivity index (χ0) is 10.8. The molecular weight excluding hydrogens is 196 g/mol. The van der Waals surface area contributed by atoms with Gasteiger partial charge in [-0.15, -0.1) is 0 Å². The van der Waals surface area contributed by atoms with Gasteiger partial charge in [0.25, 0.3) is 0 Å². The minimum absolute atomic E-state index is 0.538. The lowest BCUT2D eigenvalue weighted by Crippen LogP contribution is -2.36. The Kier molecular flexibility index (Phi) is 2.00. The molecule has 0 aromatic heterocycles. The Bertz CT molecular complexity index is 279. The highest BCUT2D eigenvalue weighted by Gasteiger charge is 2.64. The van der Waals surface area contributed by atoms with Crippen molar-refractivity contribution in [2.24, 2.45) is 29.1 Å². The second kappa shape index (κ2) is 3.23. The average molecular weight is 220 g/mol. The summed E-state index contributed by atoms with van der Waals surface area (Å²) in [6.45, 7) is 6.12. The summed E-state index contributed by atoms with van der Waals surface area (Å²) in [5.41, 5.74) is 0.538. The van der Waals surface area contributed by atoms with Crippen LogP contribution in [0.1, 0.15) is 32.6 Å². The van der Waals surface area contributed by atoms with Crippen LogP contribution in [0.25, 0.3) is 0 Å². The van der Waals surface area contributed by atoms with Crippen molar-refractivity contribution in [2.75, 3.05) is 19.6 Å². The molecular formula is C14H24N2. The predicted molar refractivity (Wildman–Crippen MR) is 65.2 cm³/mol. The second-order valence-electron chi connectivity index (χ2n) is 7.13. The van der Waals surface area contributed by atoms with Crippen molar-refractivity contribution < 1.29 is 0 Å². The van der Waals surface area contributed by atoms with Gasteiger partial charge in [-0.3, -0.25) is 0 Å². The van der Waals surface area contributed by atoms with Crippen LogP contribution in [0.2, 0.25) is 0 Å². The highest BCUT2D eigenvalue weighted by Crippen LogP contribution is 2.65. The first-order chi connectivity index (χ1) is 7.77. The van der Waals surface area contributed by atoms with Crippen molar-refractivity contribution in [1.29, 1.82) is 0 Å². The molecule has 0 aromatic carbocycles. The van der Waals surface area contributed by atoms with Crippen LogP contribution < -0.4 is 10.6 Å². The Morgan fingerprint density at radius 1 is 1.25 bits per heavy atom. The molecule has 0 radical (unpaired) electrons. The molecule has 4 rings (SSSR count). The van der Waals surface area contributed by atoms with Crippen LogP contribution in [-0.2, 0) is 0 Å². The molecule has 90 valence electrons. The quantitative estimate of drug-likeness (QED) is 0.755. The van der Waals surface area contributed by atoms with Crippen molar-refractivity contribution >= 4 is 0 Å². The fraction of sp³-hybridized carbons (Fsp3) is 1.00. The third-order valence-electron chi connectivity index (χ3n) is 5.96. The SMILES string of the molecule is CC1(CNC2C3C4CCC(C4)C23)CCNC1. The van der Waals surface area contributed by atoms with E-state index < -0.39 is 0 Å². The standard InChI is InChI=1S/C14H24N2/c1-14(4-5-15-7-14)8-16-13-11-9-2-3-10(6-9)12(11)13/h9-13,15-16H,2-8H2,1H3. The lowest BCUT2D eigenvalue weighted by Gasteiger charge is -2.24. The Morgan fingerprint density at radius 3 is 2.62 bits per heavy atom. The minimum atomic E-state index is 0.538. The molecule has 4 fully saturated rings. The van der Waals surface area contributed by atoms with Crippen LogP contribution in [0.5, 0.6) is 0 Å². The summed E-state index contributed by atoms with van der Waals surface area (Å²) in [6.07, 6.45) is 6.02. The molecule has 1 saturated heterocycles. The smallest absolute Gasteiger partial charge is 0.0136 e. The first kappa shape index (κ1) is 9.90. The van der Waals surface area contributed by atoms with E-state index in [0.717, 1.165) is 29.7 Å². The third kappa shape index (κ3) is 1.32. The fourth-order valence-corrected chi connectivity index (χ4v) is 4.98. The lowest BCUT2D eigenvalue weighted by atomic mass is 9.89. The van der Waals surface area contributed by atoms with Gasteiger partial charge >= 0.3 is 0 Å². The number of fused-ring (bicyclic) bond motifs is 5. The van der Waals surface area contributed by atoms with Gasteiger partial charge in [-0.25, -0.2) is 0 Å². The van der Waals surface area contributed by atoms with E-state index in [9.17, 15) is 0 Å². The Hall–Kier alpha value is -0.0800. The Morgan fingerprint density at radius 2 is 2.00 bits per heavy atom. The maximum absolute atomic E-state index is 3.90. The van der Waals surface area contributed by atoms with E-state index in [1.807, 2.05) is 0 Å². The topological polar surface area (TPSA) is 24.1 Å². The summed E-state index contributed by atoms with van der Waals surface area (Å²) >= 11 is 0. The molecule has 1 heterocycles. The van der Waals surface area contributed by atoms with Crippen LogP contribution in [0.4, 0.5) is 0 Å². The molecule has 1 aliphatic heterocycles. The minimum Gasteiger partial charge on any atom is -0.316 e. The van der Waals surface area contributed by atoms with Gasteiger partial charge in [0.05, 0.1) is 0 Å². The van der Waals surface area contributed by atoms with Crippen LogP contribution >= 0.6 is 0 Å². The summed E-state index contributed by atoms with van der Waals surface area (Å²) < 4.78 is 0. The molecule has 16 heavy (non-hydrogen) atoms. The Balaban J connectivity index is 1.34. The summed E-state index contributed by atoms with van der Waals surface area (Å²) in [7, 11) is 0. The van der Waals surface area contributed by atoms with E-state index in [0.29, 0.717) is 5.41 Å². The summed E-state index contributed by atoms with van der Waals surface area (Å²) in [4.78, 5) is 0. The first-order valence-corrected chi connectivity index (χ1v) is 7.21. The van der Waals surface area contributed by atoms with Crippen molar-refractivity contribution in [3.63, 3.8) is 0 Å². The molecule has 3 saturated carbocycles. The van der Waals surface area contributed by atoms with Gasteiger partial charge < -0.3 is 10.6 Å². The lowest BCUT2D eigenvalue weighted by molar-refractivity contribution is 0.322. The number of hydrogen-bond acceptors (Lipinski definition) is 2. The first-order valence-electron chi connectivity index (χ1n) is 7.21. The zero-order valence-corrected chi connectivity index (χ0v) is 10.3. The van der Waals surface area contributed by atoms with E-state index in [4.69, 9.17) is 0 Å². The van der Waals surface area contributed by atoms with Gasteiger partial charge in [-0.1, -0.05) is 6.92 Å². The molecule has 0 aromatic rings. The predicted octanol–water partition coefficient (Wildman–Crippen LogP) is 1.62. The van der Waals surface area contributed by atoms with E-state index in [2.05, 4.69) is 17.6 Å². The molecule has 0 spiro atoms. The summed E-state index contributed by atoms with van der Waals surface area (Å²) in [6, 6.07) is 0.920. The van der Waals surface area contributed by atoms with Crippen molar-refractivity contribution in [2.45, 2.75) is 38.6 Å². The highest BCUT2D eigenvalue weighted by molar-refractivity contribution is 5.17. The van der Waals surface area contributed by atoms with Gasteiger partial charge in [0.1, 0.15) is 0 Å². The van der Waals surface area contributed by atoms with Gasteiger partial charge in [-0.2, -0.15) is 0 Å². The number of nitrogens with one attached hydrogen (secondary N) is 2. The monoisotopic (exact) mass is 220 g/mol. The van der Waals surface area contributed by atoms with Gasteiger partial charge in [0.2, 0.25) is 0 Å². The van der Waals surface area contributed by atoms with Crippen molar-refractivity contribution in [3.05, 3.63) is 0 Å². The van der Waals surface area contributed by atoms with Crippen molar-refractivity contribution in [1.82, 2.24) is 10.6 Å². The molecule has 2 heteroatoms. The van der Waals surface area contributed by atoms with Crippen LogP contribution in [-0.4, -0.2) is 25.7 Å². The molecule has 2 N–H and O–H groups in total. The van der Waals surface area contributed by atoms with Gasteiger partial charge in [-0.05, 0) is 61.3 Å². The van der Waals surface area contributed by atoms with Crippen LogP contribution in [0, 0.1) is 29.1 Å². The summed E-state index contributed by atoms with van der Waals surface area (Å²) in [5.74, 6) is 4.41. The van der Waals surface area contributed by atoms with Crippen LogP contribution in [0.3, 0.4) is 0 Å². The molecule has 4 aliphatic rings. The highest BCUT2D eigenvalue weighted by atomic mass is 15.0. The molecule has 3 aliphatic carbocycles. The Labute approximate surface area is 98.6 Å². The normalized spacial score (nSPS) is 57.9. The number of rotatable bonds is 3. The molecule has 0 amide bonds. The molecule has 5 atom stereocenters. The maximum Gasteiger partial charge on any atom is 0.0136 e. The maximum atomic E-state index is 3.90. The molecule has 2 nitrogen and oxygen atoms in total. The fourth-order valence-electron chi connectivity index (χ4n) is 4.98.